The minimum Gasteiger partial charge on any atom is -0.480 e. The molecule has 1 fully saturated rings. The zero-order valence-corrected chi connectivity index (χ0v) is 17.3. The van der Waals surface area contributed by atoms with Gasteiger partial charge >= 0.3 is 5.97 Å². The summed E-state index contributed by atoms with van der Waals surface area (Å²) in [6, 6.07) is -4.75. The number of hydrogen-bond donors (Lipinski definition) is 6. The number of nitrogens with one attached hydrogen (secondary N) is 2. The number of rotatable bonds is 10. The summed E-state index contributed by atoms with van der Waals surface area (Å²) >= 11 is 0. The minimum atomic E-state index is -1.61. The predicted octanol–water partition coefficient (Wildman–Crippen LogP) is -2.73. The van der Waals surface area contributed by atoms with Gasteiger partial charge < -0.3 is 37.2 Å². The molecule has 0 saturated carbocycles. The van der Waals surface area contributed by atoms with Gasteiger partial charge in [-0.2, -0.15) is 0 Å². The van der Waals surface area contributed by atoms with Crippen molar-refractivity contribution >= 4 is 29.6 Å². The summed E-state index contributed by atoms with van der Waals surface area (Å²) in [5, 5.41) is 23.5. The van der Waals surface area contributed by atoms with E-state index in [1.807, 2.05) is 0 Å². The lowest BCUT2D eigenvalue weighted by Crippen LogP contribution is -2.59. The standard InChI is InChI=1S/C18H31N5O7/c1-8(2)13(20)17(28)23-6-4-5-11(23)15(26)22-14(9(3)24)16(27)21-10(18(29)30)7-12(19)25/h8-11,13-14,24H,4-7,20H2,1-3H3,(H2,19,25)(H,21,27)(H,22,26)(H,29,30). The van der Waals surface area contributed by atoms with Crippen LogP contribution in [0.15, 0.2) is 0 Å². The second-order valence-corrected chi connectivity index (χ2v) is 7.76. The molecule has 0 radical (unpaired) electrons. The molecule has 170 valence electrons. The fourth-order valence-electron chi connectivity index (χ4n) is 3.10. The first-order valence-corrected chi connectivity index (χ1v) is 9.72. The maximum Gasteiger partial charge on any atom is 0.326 e. The molecule has 5 unspecified atom stereocenters. The summed E-state index contributed by atoms with van der Waals surface area (Å²) in [5.41, 5.74) is 10.9. The fourth-order valence-corrected chi connectivity index (χ4v) is 3.10. The number of carbonyl (C=O) groups excluding carboxylic acids is 4. The maximum absolute atomic E-state index is 12.7. The van der Waals surface area contributed by atoms with Crippen molar-refractivity contribution in [2.75, 3.05) is 6.54 Å². The molecule has 1 saturated heterocycles. The van der Waals surface area contributed by atoms with E-state index in [0.29, 0.717) is 19.4 Å². The molecule has 1 rings (SSSR count). The van der Waals surface area contributed by atoms with Crippen LogP contribution in [0, 0.1) is 5.92 Å². The van der Waals surface area contributed by atoms with Crippen LogP contribution in [0.2, 0.25) is 0 Å². The number of carbonyl (C=O) groups is 5. The van der Waals surface area contributed by atoms with Crippen molar-refractivity contribution in [2.24, 2.45) is 17.4 Å². The van der Waals surface area contributed by atoms with E-state index in [1.54, 1.807) is 13.8 Å². The summed E-state index contributed by atoms with van der Waals surface area (Å²) in [6.45, 7) is 5.14. The highest BCUT2D eigenvalue weighted by Crippen LogP contribution is 2.20. The first-order valence-electron chi connectivity index (χ1n) is 9.72. The molecule has 8 N–H and O–H groups in total. The predicted molar refractivity (Wildman–Crippen MR) is 105 cm³/mol. The average Bonchev–Trinajstić information content (AvgIpc) is 3.12. The molecule has 1 aliphatic rings. The van der Waals surface area contributed by atoms with Crippen molar-refractivity contribution in [1.82, 2.24) is 15.5 Å². The lowest BCUT2D eigenvalue weighted by Gasteiger charge is -2.30. The highest BCUT2D eigenvalue weighted by atomic mass is 16.4. The Hall–Kier alpha value is -2.73. The number of hydrogen-bond acceptors (Lipinski definition) is 7. The SMILES string of the molecule is CC(C)C(N)C(=O)N1CCCC1C(=O)NC(C(=O)NC(CC(N)=O)C(=O)O)C(C)O. The van der Waals surface area contributed by atoms with E-state index in [-0.39, 0.29) is 11.8 Å². The van der Waals surface area contributed by atoms with Crippen LogP contribution in [0.1, 0.15) is 40.0 Å². The topological polar surface area (TPSA) is 205 Å². The van der Waals surface area contributed by atoms with Crippen LogP contribution in [0.4, 0.5) is 0 Å². The summed E-state index contributed by atoms with van der Waals surface area (Å²) in [5.74, 6) is -4.61. The van der Waals surface area contributed by atoms with Crippen molar-refractivity contribution in [3.8, 4) is 0 Å². The molecule has 4 amide bonds. The molecular weight excluding hydrogens is 398 g/mol. The van der Waals surface area contributed by atoms with Gasteiger partial charge in [-0.25, -0.2) is 4.79 Å². The van der Waals surface area contributed by atoms with Crippen LogP contribution in [-0.2, 0) is 24.0 Å². The summed E-state index contributed by atoms with van der Waals surface area (Å²) in [7, 11) is 0. The number of carboxylic acids is 1. The van der Waals surface area contributed by atoms with Crippen molar-refractivity contribution in [2.45, 2.75) is 70.3 Å². The van der Waals surface area contributed by atoms with Gasteiger partial charge in [-0.05, 0) is 25.7 Å². The normalized spacial score (nSPS) is 20.2. The molecule has 0 aliphatic carbocycles. The van der Waals surface area contributed by atoms with Gasteiger partial charge in [0.05, 0.1) is 18.6 Å². The van der Waals surface area contributed by atoms with E-state index >= 15 is 0 Å². The van der Waals surface area contributed by atoms with Gasteiger partial charge in [0, 0.05) is 6.54 Å². The molecule has 1 heterocycles. The molecule has 12 nitrogen and oxygen atoms in total. The Labute approximate surface area is 174 Å². The number of primary amides is 1. The smallest absolute Gasteiger partial charge is 0.326 e. The van der Waals surface area contributed by atoms with E-state index in [1.165, 1.54) is 11.8 Å². The molecule has 12 heteroatoms. The Morgan fingerprint density at radius 1 is 1.13 bits per heavy atom. The fraction of sp³-hybridized carbons (Fsp3) is 0.722. The third kappa shape index (κ3) is 6.66. The van der Waals surface area contributed by atoms with Crippen LogP contribution < -0.4 is 22.1 Å². The lowest BCUT2D eigenvalue weighted by molar-refractivity contribution is -0.145. The van der Waals surface area contributed by atoms with Crippen molar-refractivity contribution < 1.29 is 34.2 Å². The molecule has 0 bridgehead atoms. The Balaban J connectivity index is 2.90. The maximum atomic E-state index is 12.7. The molecule has 0 spiro atoms. The highest BCUT2D eigenvalue weighted by molar-refractivity contribution is 5.95. The van der Waals surface area contributed by atoms with Crippen LogP contribution in [0.5, 0.6) is 0 Å². The quantitative estimate of drug-likeness (QED) is 0.214. The van der Waals surface area contributed by atoms with Gasteiger partial charge in [-0.3, -0.25) is 19.2 Å². The number of nitrogens with two attached hydrogens (primary N) is 2. The lowest BCUT2D eigenvalue weighted by atomic mass is 10.0. The zero-order valence-electron chi connectivity index (χ0n) is 17.3. The number of aliphatic hydroxyl groups excluding tert-OH is 1. The summed E-state index contributed by atoms with van der Waals surface area (Å²) < 4.78 is 0. The van der Waals surface area contributed by atoms with E-state index in [2.05, 4.69) is 10.6 Å². The Morgan fingerprint density at radius 3 is 2.20 bits per heavy atom. The molecule has 30 heavy (non-hydrogen) atoms. The number of aliphatic carboxylic acids is 1. The Morgan fingerprint density at radius 2 is 1.73 bits per heavy atom. The van der Waals surface area contributed by atoms with Crippen molar-refractivity contribution in [1.29, 1.82) is 0 Å². The molecule has 0 aromatic heterocycles. The largest absolute Gasteiger partial charge is 0.480 e. The van der Waals surface area contributed by atoms with Crippen LogP contribution in [0.25, 0.3) is 0 Å². The molecular formula is C18H31N5O7. The van der Waals surface area contributed by atoms with Gasteiger partial charge in [0.15, 0.2) is 0 Å². The summed E-state index contributed by atoms with van der Waals surface area (Å²) in [6.07, 6.45) is -1.10. The molecule has 0 aromatic carbocycles. The third-order valence-corrected chi connectivity index (χ3v) is 4.92. The van der Waals surface area contributed by atoms with Gasteiger partial charge in [-0.15, -0.1) is 0 Å². The first kappa shape index (κ1) is 25.3. The van der Waals surface area contributed by atoms with Crippen molar-refractivity contribution in [3.05, 3.63) is 0 Å². The highest BCUT2D eigenvalue weighted by Gasteiger charge is 2.39. The minimum absolute atomic E-state index is 0.129. The summed E-state index contributed by atoms with van der Waals surface area (Å²) in [4.78, 5) is 61.3. The second-order valence-electron chi connectivity index (χ2n) is 7.76. The Bertz CT molecular complexity index is 682. The molecule has 1 aliphatic heterocycles. The molecule has 0 aromatic rings. The van der Waals surface area contributed by atoms with Crippen LogP contribution >= 0.6 is 0 Å². The van der Waals surface area contributed by atoms with Gasteiger partial charge in [-0.1, -0.05) is 13.8 Å². The number of nitrogens with zero attached hydrogens (tertiary/aromatic N) is 1. The monoisotopic (exact) mass is 429 g/mol. The van der Waals surface area contributed by atoms with E-state index in [0.717, 1.165) is 0 Å². The zero-order chi connectivity index (χ0) is 23.2. The number of aliphatic hydroxyl groups is 1. The average molecular weight is 429 g/mol. The third-order valence-electron chi connectivity index (χ3n) is 4.92. The number of amides is 4. The van der Waals surface area contributed by atoms with Crippen molar-refractivity contribution in [3.63, 3.8) is 0 Å². The van der Waals surface area contributed by atoms with E-state index < -0.39 is 60.4 Å². The van der Waals surface area contributed by atoms with Gasteiger partial charge in [0.1, 0.15) is 18.1 Å². The second kappa shape index (κ2) is 10.9. The first-order chi connectivity index (χ1) is 13.9. The number of likely N-dealkylation sites (tertiary alicyclic amines) is 1. The van der Waals surface area contributed by atoms with E-state index in [4.69, 9.17) is 16.6 Å². The van der Waals surface area contributed by atoms with Gasteiger partial charge in [0.2, 0.25) is 23.6 Å². The van der Waals surface area contributed by atoms with E-state index in [9.17, 15) is 29.1 Å². The van der Waals surface area contributed by atoms with Crippen LogP contribution in [-0.4, -0.2) is 81.5 Å². The molecule has 5 atom stereocenters. The van der Waals surface area contributed by atoms with Gasteiger partial charge in [0.25, 0.3) is 0 Å². The van der Waals surface area contributed by atoms with Crippen LogP contribution in [0.3, 0.4) is 0 Å². The number of carboxylic acid groups (broad SMARTS) is 1. The Kier molecular flexibility index (Phi) is 9.18.